The highest BCUT2D eigenvalue weighted by molar-refractivity contribution is 5.74. The van der Waals surface area contributed by atoms with Gasteiger partial charge in [-0.3, -0.25) is 0 Å². The lowest BCUT2D eigenvalue weighted by molar-refractivity contribution is 0.100. The van der Waals surface area contributed by atoms with E-state index in [1.807, 2.05) is 0 Å². The maximum absolute atomic E-state index is 12.4. The first kappa shape index (κ1) is 17.3. The molecule has 1 unspecified atom stereocenters. The van der Waals surface area contributed by atoms with E-state index in [0.29, 0.717) is 0 Å². The van der Waals surface area contributed by atoms with Crippen molar-refractivity contribution in [3.05, 3.63) is 35.4 Å². The molecule has 24 heavy (non-hydrogen) atoms. The van der Waals surface area contributed by atoms with Crippen LogP contribution >= 0.6 is 0 Å². The molecule has 132 valence electrons. The van der Waals surface area contributed by atoms with Crippen LogP contribution in [-0.4, -0.2) is 43.2 Å². The molecule has 0 aromatic heterocycles. The average molecular weight is 329 g/mol. The second-order valence-electron chi connectivity index (χ2n) is 7.71. The molecule has 1 atom stereocenters. The van der Waals surface area contributed by atoms with Crippen LogP contribution in [0.15, 0.2) is 24.3 Å². The molecule has 0 heterocycles. The molecule has 0 aliphatic heterocycles. The summed E-state index contributed by atoms with van der Waals surface area (Å²) in [4.78, 5) is 14.7. The Morgan fingerprint density at radius 3 is 2.58 bits per heavy atom. The van der Waals surface area contributed by atoms with Gasteiger partial charge in [0.1, 0.15) is 0 Å². The van der Waals surface area contributed by atoms with Crippen molar-refractivity contribution in [2.24, 2.45) is 0 Å². The van der Waals surface area contributed by atoms with Gasteiger partial charge >= 0.3 is 6.03 Å². The number of nitrogens with zero attached hydrogens (tertiary/aromatic N) is 1. The minimum absolute atomic E-state index is 0.00817. The lowest BCUT2D eigenvalue weighted by Crippen LogP contribution is -2.56. The van der Waals surface area contributed by atoms with Crippen molar-refractivity contribution in [2.75, 3.05) is 20.6 Å². The largest absolute Gasteiger partial charge is 0.336 e. The Kier molecular flexibility index (Phi) is 5.44. The van der Waals surface area contributed by atoms with Crippen molar-refractivity contribution in [1.29, 1.82) is 0 Å². The number of rotatable bonds is 4. The number of hydrogen-bond donors (Lipinski definition) is 2. The van der Waals surface area contributed by atoms with Crippen LogP contribution < -0.4 is 10.6 Å². The normalized spacial score (nSPS) is 22.7. The molecule has 0 radical (unpaired) electrons. The van der Waals surface area contributed by atoms with Gasteiger partial charge in [0.25, 0.3) is 0 Å². The van der Waals surface area contributed by atoms with Crippen LogP contribution in [0, 0.1) is 0 Å². The molecule has 3 rings (SSSR count). The molecule has 0 spiro atoms. The summed E-state index contributed by atoms with van der Waals surface area (Å²) in [5.74, 6) is 0. The summed E-state index contributed by atoms with van der Waals surface area (Å²) < 4.78 is 0. The maximum atomic E-state index is 12.4. The molecule has 1 aromatic rings. The van der Waals surface area contributed by atoms with Crippen LogP contribution in [0.1, 0.15) is 49.7 Å². The highest BCUT2D eigenvalue weighted by Crippen LogP contribution is 2.31. The van der Waals surface area contributed by atoms with E-state index < -0.39 is 0 Å². The van der Waals surface area contributed by atoms with Crippen LogP contribution in [0.4, 0.5) is 4.79 Å². The number of benzene rings is 1. The van der Waals surface area contributed by atoms with E-state index in [9.17, 15) is 4.79 Å². The van der Waals surface area contributed by atoms with Gasteiger partial charge in [0, 0.05) is 18.1 Å². The smallest absolute Gasteiger partial charge is 0.315 e. The number of amides is 2. The molecule has 1 aromatic carbocycles. The predicted octanol–water partition coefficient (Wildman–Crippen LogP) is 3.11. The lowest BCUT2D eigenvalue weighted by atomic mass is 9.80. The summed E-state index contributed by atoms with van der Waals surface area (Å²) in [7, 11) is 4.28. The molecule has 2 aliphatic carbocycles. The Hall–Kier alpha value is -1.55. The third-order valence-corrected chi connectivity index (χ3v) is 5.99. The summed E-state index contributed by atoms with van der Waals surface area (Å²) in [6.07, 6.45) is 9.24. The number of likely N-dealkylation sites (N-methyl/N-ethyl adjacent to an activating group) is 1. The fraction of sp³-hybridized carbons (Fsp3) is 0.650. The Morgan fingerprint density at radius 2 is 1.88 bits per heavy atom. The van der Waals surface area contributed by atoms with Gasteiger partial charge < -0.3 is 15.5 Å². The number of carbonyl (C=O) groups is 1. The summed E-state index contributed by atoms with van der Waals surface area (Å²) >= 11 is 0. The number of urea groups is 1. The van der Waals surface area contributed by atoms with E-state index in [1.54, 1.807) is 0 Å². The number of carbonyl (C=O) groups excluding carboxylic acids is 1. The summed E-state index contributed by atoms with van der Waals surface area (Å²) in [5.41, 5.74) is 2.95. The van der Waals surface area contributed by atoms with Gasteiger partial charge in [-0.2, -0.15) is 0 Å². The number of nitrogens with one attached hydrogen (secondary N) is 2. The molecule has 1 saturated carbocycles. The predicted molar refractivity (Wildman–Crippen MR) is 98.3 cm³/mol. The minimum Gasteiger partial charge on any atom is -0.336 e. The molecule has 2 N–H and O–H groups in total. The standard InChI is InChI=1S/C20H31N3O/c1-23(2)20(12-6-3-7-13-20)15-21-19(24)22-18-11-10-16-8-4-5-9-17(16)14-18/h4-5,8-9,18H,3,6-7,10-15H2,1-2H3,(H2,21,22,24). The van der Waals surface area contributed by atoms with Crippen molar-refractivity contribution in [3.63, 3.8) is 0 Å². The molecule has 4 nitrogen and oxygen atoms in total. The van der Waals surface area contributed by atoms with Crippen molar-refractivity contribution >= 4 is 6.03 Å². The van der Waals surface area contributed by atoms with Gasteiger partial charge in [-0.05, 0) is 57.3 Å². The zero-order valence-electron chi connectivity index (χ0n) is 15.1. The number of aryl methyl sites for hydroxylation is 1. The van der Waals surface area contributed by atoms with Crippen molar-refractivity contribution < 1.29 is 4.79 Å². The van der Waals surface area contributed by atoms with E-state index in [4.69, 9.17) is 0 Å². The van der Waals surface area contributed by atoms with Gasteiger partial charge in [-0.25, -0.2) is 4.79 Å². The summed E-state index contributed by atoms with van der Waals surface area (Å²) in [6, 6.07) is 8.82. The molecular weight excluding hydrogens is 298 g/mol. The molecule has 1 fully saturated rings. The van der Waals surface area contributed by atoms with Gasteiger partial charge in [0.2, 0.25) is 0 Å². The Labute approximate surface area is 146 Å². The third-order valence-electron chi connectivity index (χ3n) is 5.99. The van der Waals surface area contributed by atoms with E-state index in [0.717, 1.165) is 25.8 Å². The minimum atomic E-state index is -0.00817. The second kappa shape index (κ2) is 7.56. The summed E-state index contributed by atoms with van der Waals surface area (Å²) in [6.45, 7) is 0.745. The van der Waals surface area contributed by atoms with Crippen LogP contribution in [0.5, 0.6) is 0 Å². The molecule has 2 amide bonds. The van der Waals surface area contributed by atoms with Crippen LogP contribution in [0.2, 0.25) is 0 Å². The first-order valence-corrected chi connectivity index (χ1v) is 9.38. The maximum Gasteiger partial charge on any atom is 0.315 e. The Morgan fingerprint density at radius 1 is 1.17 bits per heavy atom. The van der Waals surface area contributed by atoms with E-state index in [-0.39, 0.29) is 17.6 Å². The molecule has 4 heteroatoms. The van der Waals surface area contributed by atoms with Gasteiger partial charge in [0.15, 0.2) is 0 Å². The topological polar surface area (TPSA) is 44.4 Å². The van der Waals surface area contributed by atoms with Gasteiger partial charge in [-0.15, -0.1) is 0 Å². The number of fused-ring (bicyclic) bond motifs is 1. The average Bonchev–Trinajstić information content (AvgIpc) is 2.60. The number of hydrogen-bond acceptors (Lipinski definition) is 2. The second-order valence-corrected chi connectivity index (χ2v) is 7.71. The van der Waals surface area contributed by atoms with Crippen LogP contribution in [0.25, 0.3) is 0 Å². The van der Waals surface area contributed by atoms with E-state index in [2.05, 4.69) is 53.9 Å². The van der Waals surface area contributed by atoms with Crippen LogP contribution in [-0.2, 0) is 12.8 Å². The fourth-order valence-electron chi connectivity index (χ4n) is 4.29. The van der Waals surface area contributed by atoms with Gasteiger partial charge in [-0.1, -0.05) is 43.5 Å². The molecule has 0 saturated heterocycles. The van der Waals surface area contributed by atoms with Crippen molar-refractivity contribution in [3.8, 4) is 0 Å². The van der Waals surface area contributed by atoms with Crippen molar-refractivity contribution in [1.82, 2.24) is 15.5 Å². The first-order chi connectivity index (χ1) is 11.6. The Bertz CT molecular complexity index is 564. The zero-order chi connectivity index (χ0) is 17.0. The highest BCUT2D eigenvalue weighted by Gasteiger charge is 2.34. The molecular formula is C20H31N3O. The highest BCUT2D eigenvalue weighted by atomic mass is 16.2. The van der Waals surface area contributed by atoms with Gasteiger partial charge in [0.05, 0.1) is 0 Å². The van der Waals surface area contributed by atoms with E-state index in [1.165, 1.54) is 43.2 Å². The SMILES string of the molecule is CN(C)C1(CNC(=O)NC2CCc3ccccc3C2)CCCCC1. The van der Waals surface area contributed by atoms with Crippen molar-refractivity contribution in [2.45, 2.75) is 62.9 Å². The van der Waals surface area contributed by atoms with Crippen LogP contribution in [0.3, 0.4) is 0 Å². The fourth-order valence-corrected chi connectivity index (χ4v) is 4.29. The molecule has 2 aliphatic rings. The lowest BCUT2D eigenvalue weighted by Gasteiger charge is -2.43. The Balaban J connectivity index is 1.51. The zero-order valence-corrected chi connectivity index (χ0v) is 15.1. The van der Waals surface area contributed by atoms with E-state index >= 15 is 0 Å². The third kappa shape index (κ3) is 3.92. The quantitative estimate of drug-likeness (QED) is 0.891. The monoisotopic (exact) mass is 329 g/mol. The first-order valence-electron chi connectivity index (χ1n) is 9.38. The summed E-state index contributed by atoms with van der Waals surface area (Å²) in [5, 5.41) is 6.34. The molecule has 0 bridgehead atoms.